The number of hydrogen-bond donors (Lipinski definition) is 1. The molecule has 3 rings (SSSR count). The van der Waals surface area contributed by atoms with E-state index in [9.17, 15) is 9.59 Å². The zero-order chi connectivity index (χ0) is 16.7. The van der Waals surface area contributed by atoms with Crippen LogP contribution >= 0.6 is 0 Å². The van der Waals surface area contributed by atoms with E-state index in [0.29, 0.717) is 23.6 Å². The summed E-state index contributed by atoms with van der Waals surface area (Å²) in [5.74, 6) is 1.16. The summed E-state index contributed by atoms with van der Waals surface area (Å²) >= 11 is 0. The Morgan fingerprint density at radius 3 is 2.39 bits per heavy atom. The van der Waals surface area contributed by atoms with Crippen molar-refractivity contribution in [3.8, 4) is 0 Å². The van der Waals surface area contributed by atoms with Crippen molar-refractivity contribution in [2.45, 2.75) is 20.4 Å². The average Bonchev–Trinajstić information content (AvgIpc) is 2.90. The first-order valence-corrected chi connectivity index (χ1v) is 8.03. The zero-order valence-electron chi connectivity index (χ0n) is 14.2. The van der Waals surface area contributed by atoms with E-state index in [0.717, 1.165) is 36.7 Å². The summed E-state index contributed by atoms with van der Waals surface area (Å²) < 4.78 is 4.59. The largest absolute Gasteiger partial charge is 0.340 e. The van der Waals surface area contributed by atoms with Gasteiger partial charge in [-0.25, -0.2) is 4.79 Å². The number of anilines is 1. The molecule has 0 unspecified atom stereocenters. The molecule has 126 valence electrons. The number of fused-ring (bicyclic) bond motifs is 1. The Morgan fingerprint density at radius 1 is 1.13 bits per heavy atom. The molecule has 0 aliphatic carbocycles. The third kappa shape index (κ3) is 2.56. The molecule has 0 aromatic carbocycles. The van der Waals surface area contributed by atoms with E-state index in [1.54, 1.807) is 7.05 Å². The number of aryl methyl sites for hydroxylation is 1. The monoisotopic (exact) mass is 320 g/mol. The Bertz CT molecular complexity index is 838. The van der Waals surface area contributed by atoms with Gasteiger partial charge in [0.15, 0.2) is 11.2 Å². The third-order valence-corrected chi connectivity index (χ3v) is 4.28. The number of imidazole rings is 1. The fraction of sp³-hybridized carbons (Fsp3) is 0.667. The van der Waals surface area contributed by atoms with E-state index in [4.69, 9.17) is 0 Å². The number of piperazine rings is 1. The van der Waals surface area contributed by atoms with Crippen molar-refractivity contribution in [1.29, 1.82) is 0 Å². The van der Waals surface area contributed by atoms with Crippen molar-refractivity contribution in [2.24, 2.45) is 20.0 Å². The molecule has 23 heavy (non-hydrogen) atoms. The molecule has 0 saturated carbocycles. The van der Waals surface area contributed by atoms with Crippen LogP contribution in [0, 0.1) is 5.92 Å². The Kier molecular flexibility index (Phi) is 4.01. The summed E-state index contributed by atoms with van der Waals surface area (Å²) in [4.78, 5) is 31.7. The van der Waals surface area contributed by atoms with Gasteiger partial charge >= 0.3 is 5.69 Å². The molecule has 0 amide bonds. The summed E-state index contributed by atoms with van der Waals surface area (Å²) in [6, 6.07) is 0. The van der Waals surface area contributed by atoms with Crippen LogP contribution in [0.15, 0.2) is 9.59 Å². The second-order valence-corrected chi connectivity index (χ2v) is 6.53. The first-order chi connectivity index (χ1) is 10.9. The van der Waals surface area contributed by atoms with Crippen LogP contribution in [0.2, 0.25) is 0 Å². The molecule has 3 heterocycles. The smallest absolute Gasteiger partial charge is 0.332 e. The molecule has 1 aliphatic rings. The molecule has 2 aromatic rings. The van der Waals surface area contributed by atoms with Crippen LogP contribution in [0.5, 0.6) is 0 Å². The van der Waals surface area contributed by atoms with Gasteiger partial charge in [-0.1, -0.05) is 13.8 Å². The molecule has 8 heteroatoms. The van der Waals surface area contributed by atoms with Crippen LogP contribution < -0.4 is 21.5 Å². The lowest BCUT2D eigenvalue weighted by Gasteiger charge is -2.29. The molecule has 1 aliphatic heterocycles. The van der Waals surface area contributed by atoms with Crippen molar-refractivity contribution in [3.05, 3.63) is 20.8 Å². The average molecular weight is 320 g/mol. The number of nitrogens with one attached hydrogen (secondary N) is 1. The molecular formula is C15H24N6O2. The highest BCUT2D eigenvalue weighted by molar-refractivity contribution is 5.74. The van der Waals surface area contributed by atoms with Gasteiger partial charge in [0, 0.05) is 46.8 Å². The normalized spacial score (nSPS) is 15.8. The molecule has 8 nitrogen and oxygen atoms in total. The third-order valence-electron chi connectivity index (χ3n) is 4.28. The first-order valence-electron chi connectivity index (χ1n) is 8.03. The van der Waals surface area contributed by atoms with E-state index in [1.807, 2.05) is 4.57 Å². The number of nitrogens with zero attached hydrogens (tertiary/aromatic N) is 5. The summed E-state index contributed by atoms with van der Waals surface area (Å²) in [6.45, 7) is 8.39. The maximum absolute atomic E-state index is 12.7. The predicted molar refractivity (Wildman–Crippen MR) is 90.1 cm³/mol. The van der Waals surface area contributed by atoms with Crippen LogP contribution in [0.25, 0.3) is 11.2 Å². The van der Waals surface area contributed by atoms with Crippen LogP contribution in [0.1, 0.15) is 13.8 Å². The second-order valence-electron chi connectivity index (χ2n) is 6.53. The lowest BCUT2D eigenvalue weighted by atomic mass is 10.2. The topological polar surface area (TPSA) is 77.1 Å². The van der Waals surface area contributed by atoms with Gasteiger partial charge in [0.25, 0.3) is 5.56 Å². The van der Waals surface area contributed by atoms with Crippen molar-refractivity contribution in [1.82, 2.24) is 24.0 Å². The van der Waals surface area contributed by atoms with Gasteiger partial charge in [-0.3, -0.25) is 13.9 Å². The van der Waals surface area contributed by atoms with Gasteiger partial charge in [0.2, 0.25) is 5.95 Å². The highest BCUT2D eigenvalue weighted by Crippen LogP contribution is 2.21. The molecule has 0 spiro atoms. The van der Waals surface area contributed by atoms with Gasteiger partial charge in [-0.2, -0.15) is 4.98 Å². The molecule has 1 N–H and O–H groups in total. The Labute approximate surface area is 134 Å². The highest BCUT2D eigenvalue weighted by atomic mass is 16.2. The minimum Gasteiger partial charge on any atom is -0.340 e. The molecule has 2 aromatic heterocycles. The van der Waals surface area contributed by atoms with Gasteiger partial charge in [0.05, 0.1) is 0 Å². The quantitative estimate of drug-likeness (QED) is 0.825. The van der Waals surface area contributed by atoms with Crippen LogP contribution in [-0.2, 0) is 20.6 Å². The zero-order valence-corrected chi connectivity index (χ0v) is 14.2. The predicted octanol–water partition coefficient (Wildman–Crippen LogP) is -0.501. The Morgan fingerprint density at radius 2 is 1.78 bits per heavy atom. The van der Waals surface area contributed by atoms with E-state index >= 15 is 0 Å². The minimum atomic E-state index is -0.344. The van der Waals surface area contributed by atoms with E-state index in [-0.39, 0.29) is 11.2 Å². The standard InChI is InChI=1S/C15H24N6O2/c1-10(2)9-21-11-12(18(3)15(23)19(4)13(11)22)17-14(21)20-7-5-16-6-8-20/h10,16H,5-9H2,1-4H3. The van der Waals surface area contributed by atoms with Gasteiger partial charge in [-0.05, 0) is 5.92 Å². The summed E-state index contributed by atoms with van der Waals surface area (Å²) in [7, 11) is 3.18. The first kappa shape index (κ1) is 15.8. The minimum absolute atomic E-state index is 0.280. The van der Waals surface area contributed by atoms with Gasteiger partial charge in [-0.15, -0.1) is 0 Å². The fourth-order valence-electron chi connectivity index (χ4n) is 3.08. The maximum Gasteiger partial charge on any atom is 0.332 e. The molecule has 0 bridgehead atoms. The molecule has 0 radical (unpaired) electrons. The van der Waals surface area contributed by atoms with Crippen molar-refractivity contribution in [3.63, 3.8) is 0 Å². The van der Waals surface area contributed by atoms with Crippen molar-refractivity contribution in [2.75, 3.05) is 31.1 Å². The lowest BCUT2D eigenvalue weighted by molar-refractivity contribution is 0.512. The van der Waals surface area contributed by atoms with Gasteiger partial charge < -0.3 is 14.8 Å². The molecular weight excluding hydrogens is 296 g/mol. The van der Waals surface area contributed by atoms with E-state index in [1.165, 1.54) is 11.6 Å². The summed E-state index contributed by atoms with van der Waals surface area (Å²) in [5, 5.41) is 3.32. The van der Waals surface area contributed by atoms with Crippen LogP contribution in [-0.4, -0.2) is 44.9 Å². The number of hydrogen-bond acceptors (Lipinski definition) is 5. The Balaban J connectivity index is 2.31. The lowest BCUT2D eigenvalue weighted by Crippen LogP contribution is -2.44. The SMILES string of the molecule is CC(C)Cn1c(N2CCNCC2)nc2c1c(=O)n(C)c(=O)n2C. The highest BCUT2D eigenvalue weighted by Gasteiger charge is 2.23. The van der Waals surface area contributed by atoms with Crippen LogP contribution in [0.4, 0.5) is 5.95 Å². The van der Waals surface area contributed by atoms with Crippen molar-refractivity contribution < 1.29 is 0 Å². The van der Waals surface area contributed by atoms with E-state index < -0.39 is 0 Å². The summed E-state index contributed by atoms with van der Waals surface area (Å²) in [6.07, 6.45) is 0. The molecule has 1 fully saturated rings. The van der Waals surface area contributed by atoms with E-state index in [2.05, 4.69) is 29.0 Å². The van der Waals surface area contributed by atoms with Crippen LogP contribution in [0.3, 0.4) is 0 Å². The fourth-order valence-corrected chi connectivity index (χ4v) is 3.08. The molecule has 1 saturated heterocycles. The molecule has 0 atom stereocenters. The number of rotatable bonds is 3. The Hall–Kier alpha value is -2.09. The van der Waals surface area contributed by atoms with Gasteiger partial charge in [0.1, 0.15) is 0 Å². The summed E-state index contributed by atoms with van der Waals surface area (Å²) in [5.41, 5.74) is 0.352. The maximum atomic E-state index is 12.7. The number of aromatic nitrogens is 4. The second kappa shape index (κ2) is 5.84. The van der Waals surface area contributed by atoms with Crippen molar-refractivity contribution >= 4 is 17.1 Å².